The Bertz CT molecular complexity index is 3260. The summed E-state index contributed by atoms with van der Waals surface area (Å²) < 4.78 is 35.0. The molecule has 0 aliphatic heterocycles. The number of aliphatic hydroxyl groups excluding tert-OH is 1. The number of nitrogens with zero attached hydrogens (tertiary/aromatic N) is 1. The number of carbonyl (C=O) groups is 6. The van der Waals surface area contributed by atoms with Crippen LogP contribution < -0.4 is 25.4 Å². The molecule has 7 rings (SSSR count). The van der Waals surface area contributed by atoms with Gasteiger partial charge in [0.05, 0.1) is 6.10 Å². The molecule has 0 aliphatic rings. The second kappa shape index (κ2) is 30.9. The molecule has 0 saturated heterocycles. The fourth-order valence-electron chi connectivity index (χ4n) is 8.73. The van der Waals surface area contributed by atoms with Crippen molar-refractivity contribution in [3.8, 4) is 22.6 Å². The molecule has 0 aliphatic carbocycles. The number of hydrogen-bond donors (Lipinski definition) is 5. The summed E-state index contributed by atoms with van der Waals surface area (Å²) in [5.74, 6) is -2.23. The number of carboxylic acids is 1. The normalized spacial score (nSPS) is 12.4. The van der Waals surface area contributed by atoms with Gasteiger partial charge in [0.1, 0.15) is 68.3 Å². The van der Waals surface area contributed by atoms with Crippen molar-refractivity contribution in [1.82, 2.24) is 20.9 Å². The zero-order valence-electron chi connectivity index (χ0n) is 47.3. The van der Waals surface area contributed by atoms with E-state index < -0.39 is 72.4 Å². The summed E-state index contributed by atoms with van der Waals surface area (Å²) in [7, 11) is 1.38. The number of carboxylic acid groups (broad SMARTS) is 1. The van der Waals surface area contributed by atoms with E-state index in [1.807, 2.05) is 78.9 Å². The molecule has 4 amide bonds. The number of likely N-dealkylation sites (N-methyl/N-ethyl adjacent to an activating group) is 1. The summed E-state index contributed by atoms with van der Waals surface area (Å²) in [6.07, 6.45) is -5.02. The molecule has 7 aromatic rings. The third kappa shape index (κ3) is 20.1. The first-order valence-corrected chi connectivity index (χ1v) is 27.4. The molecule has 4 atom stereocenters. The molecule has 0 heterocycles. The number of rotatable bonds is 27. The Morgan fingerprint density at radius 1 is 0.500 bits per heavy atom. The van der Waals surface area contributed by atoms with Crippen molar-refractivity contribution in [3.05, 3.63) is 227 Å². The maximum atomic E-state index is 15.0. The van der Waals surface area contributed by atoms with Crippen LogP contribution >= 0.6 is 0 Å². The van der Waals surface area contributed by atoms with Gasteiger partial charge in [-0.2, -0.15) is 0 Å². The van der Waals surface area contributed by atoms with Gasteiger partial charge in [-0.05, 0) is 95.1 Å². The number of nitrogens with one attached hydrogen (secondary N) is 3. The van der Waals surface area contributed by atoms with E-state index in [9.17, 15) is 39.0 Å². The Morgan fingerprint density at radius 2 is 0.905 bits per heavy atom. The molecule has 2 unspecified atom stereocenters. The minimum absolute atomic E-state index is 0.0312. The Labute approximate surface area is 488 Å². The van der Waals surface area contributed by atoms with Crippen LogP contribution in [0.2, 0.25) is 0 Å². The number of ether oxygens (including phenoxy) is 6. The predicted molar refractivity (Wildman–Crippen MR) is 313 cm³/mol. The molecule has 438 valence electrons. The topological polar surface area (TPSA) is 238 Å². The van der Waals surface area contributed by atoms with E-state index in [0.717, 1.165) is 21.6 Å². The van der Waals surface area contributed by atoms with Gasteiger partial charge in [-0.15, -0.1) is 0 Å². The van der Waals surface area contributed by atoms with Crippen LogP contribution in [0.4, 0.5) is 14.4 Å². The average molecular weight is 1140 g/mol. The molecule has 0 bridgehead atoms. The number of benzene rings is 7. The fraction of sp³-hybridized carbons (Fsp3) is 0.273. The first-order chi connectivity index (χ1) is 40.5. The first kappa shape index (κ1) is 61.9. The molecule has 18 nitrogen and oxygen atoms in total. The van der Waals surface area contributed by atoms with Crippen LogP contribution in [-0.4, -0.2) is 94.7 Å². The molecule has 0 fully saturated rings. The lowest BCUT2D eigenvalue weighted by Crippen LogP contribution is -2.55. The minimum atomic E-state index is -1.51. The van der Waals surface area contributed by atoms with Crippen molar-refractivity contribution in [2.75, 3.05) is 13.6 Å². The second-order valence-corrected chi connectivity index (χ2v) is 20.8. The molecule has 5 N–H and O–H groups in total. The van der Waals surface area contributed by atoms with Crippen LogP contribution in [0, 0.1) is 0 Å². The summed E-state index contributed by atoms with van der Waals surface area (Å²) in [6.45, 7) is 4.57. The monoisotopic (exact) mass is 1140 g/mol. The third-order valence-electron chi connectivity index (χ3n) is 13.1. The molecule has 0 spiro atoms. The van der Waals surface area contributed by atoms with Crippen molar-refractivity contribution >= 4 is 36.1 Å². The van der Waals surface area contributed by atoms with Gasteiger partial charge in [0.25, 0.3) is 0 Å². The quantitative estimate of drug-likeness (QED) is 0.0238. The number of esters is 1. The van der Waals surface area contributed by atoms with Crippen LogP contribution in [0.3, 0.4) is 0 Å². The van der Waals surface area contributed by atoms with Crippen LogP contribution in [0.1, 0.15) is 66.1 Å². The van der Waals surface area contributed by atoms with Crippen LogP contribution in [0.5, 0.6) is 11.5 Å². The molecule has 0 radical (unpaired) electrons. The van der Waals surface area contributed by atoms with Gasteiger partial charge < -0.3 is 59.5 Å². The van der Waals surface area contributed by atoms with E-state index >= 15 is 0 Å². The van der Waals surface area contributed by atoms with Gasteiger partial charge in [-0.25, -0.2) is 24.0 Å². The standard InChI is InChI=1S/C66H70N4O14/c1-66(2,3)84-65(78)68-55(38-54(71)39-67-63(76)82-43-48-26-16-8-17-27-48)60(72)70(4)57(62(75)81-42-47-24-14-7-15-25-47)37-53-35-51(31-33-59(53)80-41-46-22-12-6-13-23-46)50-30-32-58(79-40-45-20-10-5-11-21-45)52(34-50)36-56(61(73)74)69-64(77)83-44-49-28-18-9-19-29-49/h5-35,54-57,71H,36-44H2,1-4H3,(H,67,76)(H,68,78)(H,69,77)(H,73,74)/t54?,55?,56-,57-/m0/s1. The zero-order chi connectivity index (χ0) is 59.8. The van der Waals surface area contributed by atoms with Gasteiger partial charge in [0.2, 0.25) is 5.91 Å². The van der Waals surface area contributed by atoms with E-state index in [0.29, 0.717) is 44.9 Å². The third-order valence-corrected chi connectivity index (χ3v) is 13.1. The van der Waals surface area contributed by atoms with Crippen molar-refractivity contribution in [2.45, 2.75) is 103 Å². The highest BCUT2D eigenvalue weighted by molar-refractivity contribution is 5.90. The van der Waals surface area contributed by atoms with Crippen LogP contribution in [-0.2, 0) is 79.2 Å². The Morgan fingerprint density at radius 3 is 1.35 bits per heavy atom. The summed E-state index contributed by atoms with van der Waals surface area (Å²) >= 11 is 0. The van der Waals surface area contributed by atoms with Crippen LogP contribution in [0.15, 0.2) is 188 Å². The highest BCUT2D eigenvalue weighted by Crippen LogP contribution is 2.33. The maximum Gasteiger partial charge on any atom is 0.408 e. The fourth-order valence-corrected chi connectivity index (χ4v) is 8.73. The van der Waals surface area contributed by atoms with Gasteiger partial charge in [-0.3, -0.25) is 4.79 Å². The molecule has 18 heteroatoms. The van der Waals surface area contributed by atoms with Crippen molar-refractivity contribution in [3.63, 3.8) is 0 Å². The summed E-state index contributed by atoms with van der Waals surface area (Å²) in [6, 6.07) is 52.0. The van der Waals surface area contributed by atoms with Crippen molar-refractivity contribution in [1.29, 1.82) is 0 Å². The van der Waals surface area contributed by atoms with Gasteiger partial charge in [0, 0.05) is 32.9 Å². The molecule has 7 aromatic carbocycles. The zero-order valence-corrected chi connectivity index (χ0v) is 47.3. The summed E-state index contributed by atoms with van der Waals surface area (Å²) in [4.78, 5) is 83.0. The predicted octanol–water partition coefficient (Wildman–Crippen LogP) is 10.1. The molecule has 0 saturated carbocycles. The maximum absolute atomic E-state index is 15.0. The molecular formula is C66H70N4O14. The lowest BCUT2D eigenvalue weighted by molar-refractivity contribution is -0.156. The van der Waals surface area contributed by atoms with E-state index in [1.54, 1.807) is 130 Å². The van der Waals surface area contributed by atoms with E-state index in [-0.39, 0.29) is 52.4 Å². The molecule has 84 heavy (non-hydrogen) atoms. The highest BCUT2D eigenvalue weighted by Gasteiger charge is 2.36. The van der Waals surface area contributed by atoms with Gasteiger partial charge in [0.15, 0.2) is 0 Å². The number of alkyl carbamates (subject to hydrolysis) is 3. The number of aliphatic hydroxyl groups is 1. The van der Waals surface area contributed by atoms with E-state index in [1.165, 1.54) is 7.05 Å². The highest BCUT2D eigenvalue weighted by atomic mass is 16.6. The molecular weight excluding hydrogens is 1070 g/mol. The van der Waals surface area contributed by atoms with Crippen molar-refractivity contribution in [2.24, 2.45) is 0 Å². The van der Waals surface area contributed by atoms with E-state index in [4.69, 9.17) is 28.4 Å². The van der Waals surface area contributed by atoms with E-state index in [2.05, 4.69) is 16.0 Å². The molecule has 0 aromatic heterocycles. The average Bonchev–Trinajstić information content (AvgIpc) is 2.29. The Kier molecular flexibility index (Phi) is 22.8. The van der Waals surface area contributed by atoms with Crippen LogP contribution in [0.25, 0.3) is 11.1 Å². The lowest BCUT2D eigenvalue weighted by atomic mass is 9.95. The van der Waals surface area contributed by atoms with Crippen molar-refractivity contribution < 1.29 is 67.4 Å². The number of amides is 4. The lowest BCUT2D eigenvalue weighted by Gasteiger charge is -2.32. The number of hydrogen-bond acceptors (Lipinski definition) is 13. The largest absolute Gasteiger partial charge is 0.489 e. The first-order valence-electron chi connectivity index (χ1n) is 27.4. The number of carbonyl (C=O) groups excluding carboxylic acids is 5. The summed E-state index contributed by atoms with van der Waals surface area (Å²) in [5.41, 5.74) is 4.89. The van der Waals surface area contributed by atoms with Gasteiger partial charge in [-0.1, -0.05) is 164 Å². The Hall–Kier alpha value is -9.68. The summed E-state index contributed by atoms with van der Waals surface area (Å²) in [5, 5.41) is 29.4. The second-order valence-electron chi connectivity index (χ2n) is 20.8. The minimum Gasteiger partial charge on any atom is -0.489 e. The number of aliphatic carboxylic acids is 1. The van der Waals surface area contributed by atoms with Gasteiger partial charge >= 0.3 is 30.2 Å². The smallest absolute Gasteiger partial charge is 0.408 e. The Balaban J connectivity index is 1.22. The SMILES string of the molecule is CN(C(=O)C(CC(O)CNC(=O)OCc1ccccc1)NC(=O)OC(C)(C)C)[C@@H](Cc1cc(-c2ccc(OCc3ccccc3)c(C[C@H](NC(=O)OCc3ccccc3)C(=O)O)c2)ccc1OCc1ccccc1)C(=O)OCc1ccccc1.